The van der Waals surface area contributed by atoms with E-state index in [0.717, 1.165) is 42.9 Å². The standard InChI is InChI=1S/C21H21FN4O5/c22-14-4-6-17(24-8-2-1-3-9-24)16(10-14)23-20(27)12-25-18-11-15(26(29)30)5-7-19(18)31-13-21(25)28/h4-7,10-11H,1-3,8-9,12-13H2,(H,23,27). The van der Waals surface area contributed by atoms with Crippen LogP contribution in [0.2, 0.25) is 0 Å². The molecule has 10 heteroatoms. The van der Waals surface area contributed by atoms with Gasteiger partial charge >= 0.3 is 0 Å². The van der Waals surface area contributed by atoms with Crippen molar-refractivity contribution in [1.29, 1.82) is 0 Å². The summed E-state index contributed by atoms with van der Waals surface area (Å²) in [4.78, 5) is 38.9. The quantitative estimate of drug-likeness (QED) is 0.580. The van der Waals surface area contributed by atoms with Gasteiger partial charge in [-0.25, -0.2) is 4.39 Å². The smallest absolute Gasteiger partial charge is 0.271 e. The van der Waals surface area contributed by atoms with Crippen molar-refractivity contribution in [3.63, 3.8) is 0 Å². The number of hydrogen-bond donors (Lipinski definition) is 1. The fourth-order valence-corrected chi connectivity index (χ4v) is 3.83. The van der Waals surface area contributed by atoms with Crippen molar-refractivity contribution in [2.45, 2.75) is 19.3 Å². The van der Waals surface area contributed by atoms with Crippen LogP contribution in [0.4, 0.5) is 27.1 Å². The van der Waals surface area contributed by atoms with Crippen LogP contribution in [0.25, 0.3) is 0 Å². The number of amides is 2. The van der Waals surface area contributed by atoms with Gasteiger partial charge in [0.1, 0.15) is 18.1 Å². The highest BCUT2D eigenvalue weighted by atomic mass is 19.1. The minimum atomic E-state index is -0.588. The monoisotopic (exact) mass is 428 g/mol. The first-order valence-electron chi connectivity index (χ1n) is 9.98. The minimum absolute atomic E-state index is 0.149. The van der Waals surface area contributed by atoms with E-state index in [1.165, 1.54) is 30.3 Å². The zero-order chi connectivity index (χ0) is 22.0. The summed E-state index contributed by atoms with van der Waals surface area (Å²) in [6.07, 6.45) is 3.16. The lowest BCUT2D eigenvalue weighted by atomic mass is 10.1. The maximum atomic E-state index is 13.9. The van der Waals surface area contributed by atoms with Crippen molar-refractivity contribution < 1.29 is 23.6 Å². The summed E-state index contributed by atoms with van der Waals surface area (Å²) >= 11 is 0. The zero-order valence-corrected chi connectivity index (χ0v) is 16.7. The number of carbonyl (C=O) groups excluding carboxylic acids is 2. The lowest BCUT2D eigenvalue weighted by Crippen LogP contribution is -2.43. The SMILES string of the molecule is O=C(CN1C(=O)COc2ccc([N+](=O)[O-])cc21)Nc1cc(F)ccc1N1CCCCC1. The predicted octanol–water partition coefficient (Wildman–Crippen LogP) is 3.09. The van der Waals surface area contributed by atoms with Crippen molar-refractivity contribution in [3.05, 3.63) is 52.3 Å². The molecule has 2 aliphatic rings. The summed E-state index contributed by atoms with van der Waals surface area (Å²) in [6, 6.07) is 8.09. The molecule has 1 N–H and O–H groups in total. The molecule has 162 valence electrons. The Balaban J connectivity index is 1.56. The number of halogens is 1. The predicted molar refractivity (Wildman–Crippen MR) is 112 cm³/mol. The number of ether oxygens (including phenoxy) is 1. The van der Waals surface area contributed by atoms with Gasteiger partial charge in [-0.1, -0.05) is 0 Å². The molecule has 2 aliphatic heterocycles. The summed E-state index contributed by atoms with van der Waals surface area (Å²) in [5.74, 6) is -1.26. The van der Waals surface area contributed by atoms with Crippen molar-refractivity contribution in [3.8, 4) is 5.75 Å². The summed E-state index contributed by atoms with van der Waals surface area (Å²) < 4.78 is 19.2. The van der Waals surface area contributed by atoms with E-state index < -0.39 is 22.6 Å². The molecule has 2 aromatic carbocycles. The van der Waals surface area contributed by atoms with E-state index in [2.05, 4.69) is 10.2 Å². The fraction of sp³-hybridized carbons (Fsp3) is 0.333. The van der Waals surface area contributed by atoms with Crippen LogP contribution < -0.4 is 19.9 Å². The van der Waals surface area contributed by atoms with Crippen molar-refractivity contribution in [2.24, 2.45) is 0 Å². The Morgan fingerprint density at radius 3 is 2.65 bits per heavy atom. The second-order valence-electron chi connectivity index (χ2n) is 7.44. The second-order valence-corrected chi connectivity index (χ2v) is 7.44. The third-order valence-electron chi connectivity index (χ3n) is 5.33. The number of rotatable bonds is 5. The Morgan fingerprint density at radius 2 is 1.90 bits per heavy atom. The molecule has 0 saturated carbocycles. The van der Waals surface area contributed by atoms with E-state index >= 15 is 0 Å². The molecule has 1 fully saturated rings. The van der Waals surface area contributed by atoms with E-state index in [0.29, 0.717) is 5.69 Å². The van der Waals surface area contributed by atoms with Crippen LogP contribution in [0.1, 0.15) is 19.3 Å². The van der Waals surface area contributed by atoms with Crippen LogP contribution in [-0.4, -0.2) is 43.0 Å². The van der Waals surface area contributed by atoms with E-state index in [1.54, 1.807) is 6.07 Å². The van der Waals surface area contributed by atoms with Gasteiger partial charge in [-0.05, 0) is 43.5 Å². The number of nitro groups is 1. The molecule has 0 radical (unpaired) electrons. The molecule has 2 amide bonds. The number of piperidine rings is 1. The highest BCUT2D eigenvalue weighted by molar-refractivity contribution is 6.06. The third kappa shape index (κ3) is 4.42. The summed E-state index contributed by atoms with van der Waals surface area (Å²) in [7, 11) is 0. The molecule has 9 nitrogen and oxygen atoms in total. The molecule has 0 spiro atoms. The molecular weight excluding hydrogens is 407 g/mol. The maximum Gasteiger partial charge on any atom is 0.271 e. The maximum absolute atomic E-state index is 13.9. The van der Waals surface area contributed by atoms with Gasteiger partial charge in [0.15, 0.2) is 6.61 Å². The number of non-ortho nitro benzene ring substituents is 1. The number of hydrogen-bond acceptors (Lipinski definition) is 6. The van der Waals surface area contributed by atoms with Gasteiger partial charge < -0.3 is 15.0 Å². The number of nitrogens with one attached hydrogen (secondary N) is 1. The van der Waals surface area contributed by atoms with Crippen molar-refractivity contribution in [1.82, 2.24) is 0 Å². The number of fused-ring (bicyclic) bond motifs is 1. The fourth-order valence-electron chi connectivity index (χ4n) is 3.83. The normalized spacial score (nSPS) is 15.8. The molecule has 0 aliphatic carbocycles. The van der Waals surface area contributed by atoms with E-state index in [1.807, 2.05) is 0 Å². The molecule has 0 aromatic heterocycles. The second kappa shape index (κ2) is 8.58. The first-order chi connectivity index (χ1) is 14.9. The lowest BCUT2D eigenvalue weighted by Gasteiger charge is -2.31. The number of nitrogens with zero attached hydrogens (tertiary/aromatic N) is 3. The van der Waals surface area contributed by atoms with Crippen LogP contribution in [-0.2, 0) is 9.59 Å². The van der Waals surface area contributed by atoms with Gasteiger partial charge in [0, 0.05) is 25.2 Å². The van der Waals surface area contributed by atoms with E-state index in [-0.39, 0.29) is 30.3 Å². The average Bonchev–Trinajstić information content (AvgIpc) is 2.76. The van der Waals surface area contributed by atoms with Crippen LogP contribution in [0, 0.1) is 15.9 Å². The first-order valence-corrected chi connectivity index (χ1v) is 9.98. The molecular formula is C21H21FN4O5. The molecule has 0 unspecified atom stereocenters. The molecule has 4 rings (SSSR count). The van der Waals surface area contributed by atoms with Gasteiger partial charge in [0.25, 0.3) is 11.6 Å². The first kappa shape index (κ1) is 20.6. The highest BCUT2D eigenvalue weighted by Gasteiger charge is 2.29. The van der Waals surface area contributed by atoms with E-state index in [4.69, 9.17) is 4.74 Å². The van der Waals surface area contributed by atoms with Gasteiger partial charge in [-0.15, -0.1) is 0 Å². The number of carbonyl (C=O) groups is 2. The van der Waals surface area contributed by atoms with Crippen LogP contribution in [0.5, 0.6) is 5.75 Å². The highest BCUT2D eigenvalue weighted by Crippen LogP contribution is 2.35. The molecule has 31 heavy (non-hydrogen) atoms. The lowest BCUT2D eigenvalue weighted by molar-refractivity contribution is -0.384. The largest absolute Gasteiger partial charge is 0.482 e. The van der Waals surface area contributed by atoms with Gasteiger partial charge in [0.2, 0.25) is 5.91 Å². The Morgan fingerprint density at radius 1 is 1.13 bits per heavy atom. The van der Waals surface area contributed by atoms with Crippen LogP contribution >= 0.6 is 0 Å². The Kier molecular flexibility index (Phi) is 5.70. The molecule has 0 bridgehead atoms. The van der Waals surface area contributed by atoms with Crippen molar-refractivity contribution in [2.75, 3.05) is 41.4 Å². The Hall–Kier alpha value is -3.69. The Labute approximate surface area is 177 Å². The Bertz CT molecular complexity index is 1040. The van der Waals surface area contributed by atoms with Gasteiger partial charge in [0.05, 0.1) is 22.0 Å². The molecule has 2 heterocycles. The van der Waals surface area contributed by atoms with E-state index in [9.17, 15) is 24.1 Å². The topological polar surface area (TPSA) is 105 Å². The van der Waals surface area contributed by atoms with Gasteiger partial charge in [-0.3, -0.25) is 24.6 Å². The third-order valence-corrected chi connectivity index (χ3v) is 5.33. The van der Waals surface area contributed by atoms with Gasteiger partial charge in [-0.2, -0.15) is 0 Å². The summed E-state index contributed by atoms with van der Waals surface area (Å²) in [6.45, 7) is 0.963. The van der Waals surface area contributed by atoms with Crippen LogP contribution in [0.15, 0.2) is 36.4 Å². The average molecular weight is 428 g/mol. The number of anilines is 3. The molecule has 1 saturated heterocycles. The summed E-state index contributed by atoms with van der Waals surface area (Å²) in [5.41, 5.74) is 0.974. The number of nitro benzene ring substituents is 1. The van der Waals surface area contributed by atoms with Crippen molar-refractivity contribution >= 4 is 34.6 Å². The molecule has 0 atom stereocenters. The molecule has 2 aromatic rings. The zero-order valence-electron chi connectivity index (χ0n) is 16.7. The van der Waals surface area contributed by atoms with Crippen LogP contribution in [0.3, 0.4) is 0 Å². The summed E-state index contributed by atoms with van der Waals surface area (Å²) in [5, 5.41) is 13.8. The minimum Gasteiger partial charge on any atom is -0.482 e. The number of benzene rings is 2.